The zero-order valence-electron chi connectivity index (χ0n) is 29.5. The molecule has 0 amide bonds. The van der Waals surface area contributed by atoms with Crippen LogP contribution in [0.1, 0.15) is 92.5 Å². The van der Waals surface area contributed by atoms with Crippen LogP contribution in [0.4, 0.5) is 8.78 Å². The number of allylic oxidation sites excluding steroid dienone is 4. The van der Waals surface area contributed by atoms with E-state index in [9.17, 15) is 8.78 Å². The van der Waals surface area contributed by atoms with Gasteiger partial charge in [0.15, 0.2) is 0 Å². The third kappa shape index (κ3) is 8.28. The molecule has 0 nitrogen and oxygen atoms in total. The first-order valence-electron chi connectivity index (χ1n) is 16.7. The number of rotatable bonds is 2. The number of fused-ring (bicyclic) bond motifs is 5. The van der Waals surface area contributed by atoms with Gasteiger partial charge in [-0.15, -0.1) is 12.5 Å². The summed E-state index contributed by atoms with van der Waals surface area (Å²) in [7, 11) is 0. The van der Waals surface area contributed by atoms with E-state index in [0.29, 0.717) is 0 Å². The summed E-state index contributed by atoms with van der Waals surface area (Å²) in [5.41, 5.74) is 16.9. The Kier molecular flexibility index (Phi) is 12.6. The van der Waals surface area contributed by atoms with E-state index >= 15 is 0 Å². The van der Waals surface area contributed by atoms with Crippen LogP contribution in [0.3, 0.4) is 0 Å². The zero-order valence-corrected chi connectivity index (χ0v) is 33.4. The van der Waals surface area contributed by atoms with Crippen molar-refractivity contribution in [2.75, 3.05) is 0 Å². The molecule has 256 valence electrons. The van der Waals surface area contributed by atoms with Gasteiger partial charge in [-0.1, -0.05) is 62.9 Å². The number of hydrogen-bond donors (Lipinski definition) is 0. The van der Waals surface area contributed by atoms with Crippen LogP contribution in [0.25, 0.3) is 22.3 Å². The maximum Gasteiger partial charge on any atom is -0.172 e. The number of benzene rings is 4. The molecule has 0 fully saturated rings. The minimum atomic E-state index is -0.244. The predicted octanol–water partition coefficient (Wildman–Crippen LogP) is 5.74. The second kappa shape index (κ2) is 16.0. The molecule has 8 rings (SSSR count). The average molecular weight is 783 g/mol. The Balaban J connectivity index is 0.000000208. The Labute approximate surface area is 324 Å². The summed E-state index contributed by atoms with van der Waals surface area (Å²) in [4.78, 5) is 0. The summed E-state index contributed by atoms with van der Waals surface area (Å²) in [6.07, 6.45) is 9.28. The summed E-state index contributed by atoms with van der Waals surface area (Å²) in [5, 5.41) is 0. The van der Waals surface area contributed by atoms with E-state index in [1.807, 2.05) is 30.3 Å². The number of hydrogen-bond acceptors (Lipinski definition) is 0. The number of halogens is 4. The molecule has 50 heavy (non-hydrogen) atoms. The van der Waals surface area contributed by atoms with Gasteiger partial charge in [0.2, 0.25) is 0 Å². The van der Waals surface area contributed by atoms with Crippen LogP contribution in [-0.2, 0) is 41.5 Å². The van der Waals surface area contributed by atoms with E-state index < -0.39 is 0 Å². The second-order valence-corrected chi connectivity index (χ2v) is 15.6. The Morgan fingerprint density at radius 3 is 1.62 bits per heavy atom. The van der Waals surface area contributed by atoms with E-state index in [1.54, 1.807) is 24.3 Å². The van der Waals surface area contributed by atoms with E-state index in [-0.39, 0.29) is 47.3 Å². The molecule has 0 radical (unpaired) electrons. The Hall–Kier alpha value is -3.23. The van der Waals surface area contributed by atoms with Crippen molar-refractivity contribution in [2.24, 2.45) is 0 Å². The van der Waals surface area contributed by atoms with Crippen LogP contribution in [0.15, 0.2) is 115 Å². The maximum absolute atomic E-state index is 12.8. The minimum Gasteiger partial charge on any atom is -1.00 e. The van der Waals surface area contributed by atoms with Crippen LogP contribution in [-0.4, -0.2) is 3.21 Å². The standard InChI is InChI=1S/C27H29.C13H8F2.C5H5.2ClH.Zr/c1-16-7-9-26(3,4)24-12-18-11-19-13-25-21(17(2)8-10-27(25,5)6)15-23(19)22(18)14-20(16)24;14-12-5-1-10(2-6-12)9-11-3-7-13(15)8-4-11;1-2-4-5-3-1;;;/h7-9,12-15H,10-11H2,1-6H3;1-8H;1-5H;2*1H;/q-1;;-1;;;+2/p-2. The molecule has 0 N–H and O–H groups in total. The molecule has 3 aliphatic carbocycles. The Bertz CT molecular complexity index is 1880. The van der Waals surface area contributed by atoms with E-state index in [1.165, 1.54) is 104 Å². The van der Waals surface area contributed by atoms with Gasteiger partial charge >= 0.3 is 108 Å². The van der Waals surface area contributed by atoms with Gasteiger partial charge in [-0.3, -0.25) is 0 Å². The summed E-state index contributed by atoms with van der Waals surface area (Å²) in [5.74, 6) is -0.488. The van der Waals surface area contributed by atoms with Crippen LogP contribution >= 0.6 is 0 Å². The summed E-state index contributed by atoms with van der Waals surface area (Å²) in [6.45, 7) is 13.9. The molecule has 5 aromatic rings. The molecule has 0 atom stereocenters. The SMILES string of the molecule is CC1=C[CH-]C(C)(C)c2cc3c(cc21)-c1cc2c(cc1C3)C(C)(C)CC=C2C.Fc1ccc([C](=[Zr+2])c2ccc(F)cc2)cc1.[Cl-].[Cl-].c1cc[cH-]c1. The third-order valence-corrected chi connectivity index (χ3v) is 11.3. The predicted molar refractivity (Wildman–Crippen MR) is 195 cm³/mol. The first kappa shape index (κ1) is 39.6. The maximum atomic E-state index is 12.8. The first-order chi connectivity index (χ1) is 22.8. The van der Waals surface area contributed by atoms with Crippen molar-refractivity contribution in [3.63, 3.8) is 0 Å². The molecular weight excluding hydrogens is 741 g/mol. The van der Waals surface area contributed by atoms with Gasteiger partial charge in [0.1, 0.15) is 0 Å². The van der Waals surface area contributed by atoms with Crippen LogP contribution in [0.5, 0.6) is 0 Å². The summed E-state index contributed by atoms with van der Waals surface area (Å²) in [6, 6.07) is 32.6. The minimum absolute atomic E-state index is 0. The molecule has 0 heterocycles. The average Bonchev–Trinajstić information content (AvgIpc) is 3.77. The van der Waals surface area contributed by atoms with Crippen molar-refractivity contribution in [3.8, 4) is 11.1 Å². The fourth-order valence-electron chi connectivity index (χ4n) is 6.90. The molecule has 0 spiro atoms. The van der Waals surface area contributed by atoms with E-state index in [4.69, 9.17) is 0 Å². The fourth-order valence-corrected chi connectivity index (χ4v) is 7.71. The van der Waals surface area contributed by atoms with Crippen molar-refractivity contribution in [3.05, 3.63) is 178 Å². The van der Waals surface area contributed by atoms with Gasteiger partial charge in [-0.05, 0) is 70.2 Å². The van der Waals surface area contributed by atoms with Gasteiger partial charge in [0, 0.05) is 0 Å². The van der Waals surface area contributed by atoms with Crippen LogP contribution < -0.4 is 24.8 Å². The smallest absolute Gasteiger partial charge is 0.172 e. The molecule has 0 saturated carbocycles. The van der Waals surface area contributed by atoms with E-state index in [0.717, 1.165) is 27.2 Å². The van der Waals surface area contributed by atoms with Crippen molar-refractivity contribution < 1.29 is 57.8 Å². The Morgan fingerprint density at radius 2 is 1.14 bits per heavy atom. The zero-order chi connectivity index (χ0) is 34.2. The van der Waals surface area contributed by atoms with Crippen molar-refractivity contribution in [1.29, 1.82) is 0 Å². The Morgan fingerprint density at radius 1 is 0.660 bits per heavy atom. The molecule has 5 heteroatoms. The fraction of sp³-hybridized carbons (Fsp3) is 0.222. The normalized spacial score (nSPS) is 15.2. The van der Waals surface area contributed by atoms with Gasteiger partial charge in [0.25, 0.3) is 0 Å². The molecule has 0 saturated heterocycles. The van der Waals surface area contributed by atoms with Crippen molar-refractivity contribution >= 4 is 14.4 Å². The quantitative estimate of drug-likeness (QED) is 0.197. The molecule has 3 aliphatic rings. The molecular formula is C45H42Cl2F2Zr-2. The monoisotopic (exact) mass is 780 g/mol. The molecule has 0 aliphatic heterocycles. The van der Waals surface area contributed by atoms with Gasteiger partial charge in [-0.25, -0.2) is 24.6 Å². The molecule has 0 bridgehead atoms. The summed E-state index contributed by atoms with van der Waals surface area (Å²) >= 11 is 1.22. The van der Waals surface area contributed by atoms with E-state index in [2.05, 4.69) is 84.4 Å². The topological polar surface area (TPSA) is 0 Å². The van der Waals surface area contributed by atoms with Crippen LogP contribution in [0.2, 0.25) is 0 Å². The largest absolute Gasteiger partial charge is 1.00 e. The summed E-state index contributed by atoms with van der Waals surface area (Å²) < 4.78 is 26.6. The van der Waals surface area contributed by atoms with Gasteiger partial charge < -0.3 is 24.8 Å². The second-order valence-electron chi connectivity index (χ2n) is 14.4. The molecule has 0 aromatic heterocycles. The molecule has 0 unspecified atom stereocenters. The molecule has 5 aromatic carbocycles. The third-order valence-electron chi connectivity index (χ3n) is 9.92. The van der Waals surface area contributed by atoms with Crippen molar-refractivity contribution in [1.82, 2.24) is 0 Å². The van der Waals surface area contributed by atoms with Crippen molar-refractivity contribution in [2.45, 2.75) is 65.2 Å². The van der Waals surface area contributed by atoms with Gasteiger partial charge in [0.05, 0.1) is 0 Å². The first-order valence-corrected chi connectivity index (χ1v) is 17.9. The van der Waals surface area contributed by atoms with Crippen LogP contribution in [0, 0.1) is 18.1 Å². The van der Waals surface area contributed by atoms with Gasteiger partial charge in [-0.2, -0.15) is 23.8 Å².